The number of carboxylic acids is 1. The zero-order chi connectivity index (χ0) is 13.9. The Bertz CT molecular complexity index is 551. The molecule has 0 radical (unpaired) electrons. The molecular formula is C9H13N3O4S3. The Morgan fingerprint density at radius 2 is 2.11 bits per heavy atom. The Hall–Kier alpha value is -0.870. The summed E-state index contributed by atoms with van der Waals surface area (Å²) >= 11 is 2.07. The van der Waals surface area contributed by atoms with Gasteiger partial charge in [-0.15, -0.1) is 10.2 Å². The van der Waals surface area contributed by atoms with E-state index < -0.39 is 16.0 Å². The first-order valence-corrected chi connectivity index (χ1v) is 9.02. The fourth-order valence-electron chi connectivity index (χ4n) is 1.84. The molecule has 1 aliphatic rings. The van der Waals surface area contributed by atoms with Crippen LogP contribution in [0.5, 0.6) is 0 Å². The summed E-state index contributed by atoms with van der Waals surface area (Å²) < 4.78 is 26.9. The first-order chi connectivity index (χ1) is 8.97. The molecule has 0 bridgehead atoms. The molecule has 1 aliphatic carbocycles. The minimum atomic E-state index is -3.40. The number of anilines is 1. The summed E-state index contributed by atoms with van der Waals surface area (Å²) in [4.78, 5) is 10.4. The maximum Gasteiger partial charge on any atom is 0.313 e. The first-order valence-electron chi connectivity index (χ1n) is 5.67. The average molecular weight is 323 g/mol. The molecule has 0 aromatic carbocycles. The van der Waals surface area contributed by atoms with E-state index in [9.17, 15) is 13.2 Å². The van der Waals surface area contributed by atoms with E-state index in [1.807, 2.05) is 0 Å². The van der Waals surface area contributed by atoms with Gasteiger partial charge in [-0.05, 0) is 12.8 Å². The van der Waals surface area contributed by atoms with Gasteiger partial charge in [0.1, 0.15) is 0 Å². The van der Waals surface area contributed by atoms with Crippen LogP contribution in [0.25, 0.3) is 0 Å². The van der Waals surface area contributed by atoms with Crippen molar-refractivity contribution in [1.29, 1.82) is 0 Å². The second-order valence-electron chi connectivity index (χ2n) is 4.11. The topological polar surface area (TPSA) is 109 Å². The Balaban J connectivity index is 1.97. The molecule has 1 aromatic heterocycles. The lowest BCUT2D eigenvalue weighted by molar-refractivity contribution is -0.133. The quantitative estimate of drug-likeness (QED) is 0.761. The number of carboxylic acid groups (broad SMARTS) is 1. The van der Waals surface area contributed by atoms with Crippen LogP contribution in [0.2, 0.25) is 0 Å². The summed E-state index contributed by atoms with van der Waals surface area (Å²) in [5.74, 6) is -1.07. The van der Waals surface area contributed by atoms with Crippen LogP contribution in [0.15, 0.2) is 4.34 Å². The molecule has 0 atom stereocenters. The minimum absolute atomic E-state index is 0.121. The van der Waals surface area contributed by atoms with E-state index in [1.54, 1.807) is 0 Å². The van der Waals surface area contributed by atoms with Gasteiger partial charge in [0.15, 0.2) is 4.34 Å². The molecule has 1 heterocycles. The second kappa shape index (κ2) is 6.06. The highest BCUT2D eigenvalue weighted by Gasteiger charge is 2.29. The number of thioether (sulfide) groups is 1. The zero-order valence-corrected chi connectivity index (χ0v) is 12.4. The number of hydrogen-bond donors (Lipinski definition) is 2. The number of aromatic nitrogens is 2. The van der Waals surface area contributed by atoms with Crippen molar-refractivity contribution in [3.63, 3.8) is 0 Å². The van der Waals surface area contributed by atoms with E-state index in [0.717, 1.165) is 35.9 Å². The van der Waals surface area contributed by atoms with Crippen LogP contribution in [0.3, 0.4) is 0 Å². The number of aliphatic carboxylic acids is 1. The van der Waals surface area contributed by atoms with Crippen molar-refractivity contribution >= 4 is 44.2 Å². The number of nitrogens with zero attached hydrogens (tertiary/aromatic N) is 2. The standard InChI is InChI=1S/C9H13N3O4S3/c13-7(14)5-17-9-11-10-8(18-9)12-19(15,16)6-3-1-2-4-6/h6H,1-5H2,(H,10,12)(H,13,14). The van der Waals surface area contributed by atoms with Crippen molar-refractivity contribution in [2.45, 2.75) is 35.3 Å². The molecule has 19 heavy (non-hydrogen) atoms. The van der Waals surface area contributed by atoms with Gasteiger partial charge in [0, 0.05) is 0 Å². The second-order valence-corrected chi connectivity index (χ2v) is 8.27. The van der Waals surface area contributed by atoms with Crippen molar-refractivity contribution in [2.24, 2.45) is 0 Å². The van der Waals surface area contributed by atoms with Crippen LogP contribution in [0.4, 0.5) is 5.13 Å². The van der Waals surface area contributed by atoms with Crippen LogP contribution in [-0.4, -0.2) is 40.7 Å². The summed E-state index contributed by atoms with van der Waals surface area (Å²) in [6.07, 6.45) is 3.21. The van der Waals surface area contributed by atoms with Gasteiger partial charge in [0.2, 0.25) is 15.2 Å². The maximum atomic E-state index is 12.0. The molecule has 2 N–H and O–H groups in total. The van der Waals surface area contributed by atoms with Crippen molar-refractivity contribution in [2.75, 3.05) is 10.5 Å². The summed E-state index contributed by atoms with van der Waals surface area (Å²) in [7, 11) is -3.40. The van der Waals surface area contributed by atoms with Gasteiger partial charge in [-0.25, -0.2) is 8.42 Å². The van der Waals surface area contributed by atoms with E-state index in [0.29, 0.717) is 17.2 Å². The monoisotopic (exact) mass is 323 g/mol. The molecule has 1 aromatic rings. The van der Waals surface area contributed by atoms with Gasteiger partial charge < -0.3 is 5.11 Å². The van der Waals surface area contributed by atoms with Crippen molar-refractivity contribution in [3.05, 3.63) is 0 Å². The predicted octanol–water partition coefficient (Wildman–Crippen LogP) is 1.40. The highest BCUT2D eigenvalue weighted by molar-refractivity contribution is 8.01. The van der Waals surface area contributed by atoms with Gasteiger partial charge in [0.25, 0.3) is 0 Å². The largest absolute Gasteiger partial charge is 0.481 e. The average Bonchev–Trinajstić information content (AvgIpc) is 2.96. The molecule has 7 nitrogen and oxygen atoms in total. The fraction of sp³-hybridized carbons (Fsp3) is 0.667. The third-order valence-electron chi connectivity index (χ3n) is 2.70. The summed E-state index contributed by atoms with van der Waals surface area (Å²) in [6, 6.07) is 0. The Kier molecular flexibility index (Phi) is 4.63. The van der Waals surface area contributed by atoms with Crippen LogP contribution in [-0.2, 0) is 14.8 Å². The molecule has 0 spiro atoms. The van der Waals surface area contributed by atoms with Crippen molar-refractivity contribution in [1.82, 2.24) is 10.2 Å². The molecule has 0 amide bonds. The van der Waals surface area contributed by atoms with Crippen LogP contribution < -0.4 is 4.72 Å². The molecule has 1 saturated carbocycles. The highest BCUT2D eigenvalue weighted by atomic mass is 32.2. The molecule has 0 aliphatic heterocycles. The molecule has 0 unspecified atom stereocenters. The lowest BCUT2D eigenvalue weighted by Crippen LogP contribution is -2.25. The van der Waals surface area contributed by atoms with Gasteiger partial charge >= 0.3 is 5.97 Å². The molecule has 2 rings (SSSR count). The number of hydrogen-bond acceptors (Lipinski definition) is 7. The Morgan fingerprint density at radius 3 is 2.74 bits per heavy atom. The number of sulfonamides is 1. The number of nitrogens with one attached hydrogen (secondary N) is 1. The third-order valence-corrected chi connectivity index (χ3v) is 6.61. The van der Waals surface area contributed by atoms with Crippen molar-refractivity contribution in [3.8, 4) is 0 Å². The predicted molar refractivity (Wildman–Crippen MR) is 73.1 cm³/mol. The minimum Gasteiger partial charge on any atom is -0.481 e. The zero-order valence-electron chi connectivity index (χ0n) is 9.90. The summed E-state index contributed by atoms with van der Waals surface area (Å²) in [5, 5.41) is 15.8. The van der Waals surface area contributed by atoms with E-state index in [-0.39, 0.29) is 16.1 Å². The fourth-order valence-corrected chi connectivity index (χ4v) is 5.08. The van der Waals surface area contributed by atoms with Crippen molar-refractivity contribution < 1.29 is 18.3 Å². The Labute approximate surface area is 118 Å². The number of rotatable bonds is 6. The molecule has 106 valence electrons. The van der Waals surface area contributed by atoms with Gasteiger partial charge in [-0.1, -0.05) is 35.9 Å². The SMILES string of the molecule is O=C(O)CSc1nnc(NS(=O)(=O)C2CCCC2)s1. The Morgan fingerprint density at radius 1 is 1.42 bits per heavy atom. The van der Waals surface area contributed by atoms with E-state index in [2.05, 4.69) is 14.9 Å². The molecule has 1 fully saturated rings. The highest BCUT2D eigenvalue weighted by Crippen LogP contribution is 2.29. The van der Waals surface area contributed by atoms with Crippen LogP contribution in [0.1, 0.15) is 25.7 Å². The van der Waals surface area contributed by atoms with Crippen LogP contribution in [0, 0.1) is 0 Å². The molecule has 0 saturated heterocycles. The third kappa shape index (κ3) is 4.05. The van der Waals surface area contributed by atoms with E-state index >= 15 is 0 Å². The molecular weight excluding hydrogens is 310 g/mol. The lowest BCUT2D eigenvalue weighted by Gasteiger charge is -2.10. The number of carbonyl (C=O) groups is 1. The van der Waals surface area contributed by atoms with E-state index in [1.165, 1.54) is 0 Å². The lowest BCUT2D eigenvalue weighted by atomic mass is 10.4. The molecule has 10 heteroatoms. The van der Waals surface area contributed by atoms with Gasteiger partial charge in [-0.3, -0.25) is 9.52 Å². The van der Waals surface area contributed by atoms with Gasteiger partial charge in [-0.2, -0.15) is 0 Å². The maximum absolute atomic E-state index is 12.0. The van der Waals surface area contributed by atoms with Crippen LogP contribution >= 0.6 is 23.1 Å². The normalized spacial score (nSPS) is 16.6. The van der Waals surface area contributed by atoms with E-state index in [4.69, 9.17) is 5.11 Å². The first kappa shape index (κ1) is 14.5. The smallest absolute Gasteiger partial charge is 0.313 e. The summed E-state index contributed by atoms with van der Waals surface area (Å²) in [5.41, 5.74) is 0. The summed E-state index contributed by atoms with van der Waals surface area (Å²) in [6.45, 7) is 0. The van der Waals surface area contributed by atoms with Gasteiger partial charge in [0.05, 0.1) is 11.0 Å².